The fraction of sp³-hybridized carbons (Fsp3) is 0.286. The number of hydrogen-bond acceptors (Lipinski definition) is 4. The van der Waals surface area contributed by atoms with Gasteiger partial charge in [0, 0.05) is 10.9 Å². The molecule has 1 saturated heterocycles. The van der Waals surface area contributed by atoms with Crippen molar-refractivity contribution in [2.45, 2.75) is 25.5 Å². The predicted molar refractivity (Wildman–Crippen MR) is 71.4 cm³/mol. The van der Waals surface area contributed by atoms with Crippen LogP contribution < -0.4 is 4.74 Å². The Kier molecular flexibility index (Phi) is 3.33. The molecule has 1 N–H and O–H groups in total. The highest BCUT2D eigenvalue weighted by Gasteiger charge is 2.39. The SMILES string of the molecule is CC1OC1c1csc(-c2ccc(OC(F)(F)F)cc2)c1O. The lowest BCUT2D eigenvalue weighted by Gasteiger charge is -2.09. The van der Waals surface area contributed by atoms with Crippen LogP contribution in [-0.4, -0.2) is 17.6 Å². The van der Waals surface area contributed by atoms with Gasteiger partial charge in [0.15, 0.2) is 0 Å². The maximum atomic E-state index is 12.1. The van der Waals surface area contributed by atoms with Crippen LogP contribution in [-0.2, 0) is 4.74 Å². The number of alkyl halides is 3. The molecule has 2 atom stereocenters. The summed E-state index contributed by atoms with van der Waals surface area (Å²) in [6.45, 7) is 1.91. The Morgan fingerprint density at radius 1 is 1.24 bits per heavy atom. The fourth-order valence-corrected chi connectivity index (χ4v) is 3.08. The molecule has 1 aliphatic heterocycles. The van der Waals surface area contributed by atoms with Crippen molar-refractivity contribution in [1.29, 1.82) is 0 Å². The molecule has 1 aliphatic rings. The second kappa shape index (κ2) is 4.92. The van der Waals surface area contributed by atoms with Crippen LogP contribution in [0.5, 0.6) is 11.5 Å². The zero-order chi connectivity index (χ0) is 15.2. The summed E-state index contributed by atoms with van der Waals surface area (Å²) in [6, 6.07) is 5.40. The molecule has 1 aromatic heterocycles. The van der Waals surface area contributed by atoms with E-state index in [1.807, 2.05) is 6.92 Å². The van der Waals surface area contributed by atoms with Crippen molar-refractivity contribution in [2.24, 2.45) is 0 Å². The van der Waals surface area contributed by atoms with Crippen LogP contribution in [0.25, 0.3) is 10.4 Å². The van der Waals surface area contributed by atoms with Gasteiger partial charge in [-0.3, -0.25) is 0 Å². The van der Waals surface area contributed by atoms with Crippen LogP contribution in [0.2, 0.25) is 0 Å². The third-order valence-electron chi connectivity index (χ3n) is 3.16. The Hall–Kier alpha value is -1.73. The summed E-state index contributed by atoms with van der Waals surface area (Å²) >= 11 is 1.33. The van der Waals surface area contributed by atoms with Gasteiger partial charge in [0.25, 0.3) is 0 Å². The molecule has 2 heterocycles. The van der Waals surface area contributed by atoms with Gasteiger partial charge in [-0.25, -0.2) is 0 Å². The number of thiophene rings is 1. The van der Waals surface area contributed by atoms with E-state index in [1.165, 1.54) is 35.6 Å². The molecule has 1 fully saturated rings. The van der Waals surface area contributed by atoms with E-state index >= 15 is 0 Å². The van der Waals surface area contributed by atoms with Crippen molar-refractivity contribution in [3.8, 4) is 21.9 Å². The largest absolute Gasteiger partial charge is 0.573 e. The molecule has 0 amide bonds. The van der Waals surface area contributed by atoms with Crippen LogP contribution >= 0.6 is 11.3 Å². The number of aromatic hydroxyl groups is 1. The average Bonchev–Trinajstić information content (AvgIpc) is 2.98. The Labute approximate surface area is 122 Å². The number of benzene rings is 1. The highest BCUT2D eigenvalue weighted by molar-refractivity contribution is 7.14. The van der Waals surface area contributed by atoms with Crippen molar-refractivity contribution in [1.82, 2.24) is 0 Å². The van der Waals surface area contributed by atoms with Crippen LogP contribution in [0, 0.1) is 0 Å². The lowest BCUT2D eigenvalue weighted by Crippen LogP contribution is -2.16. The Bertz CT molecular complexity index is 648. The van der Waals surface area contributed by atoms with Gasteiger partial charge < -0.3 is 14.6 Å². The van der Waals surface area contributed by atoms with Crippen LogP contribution in [0.1, 0.15) is 18.6 Å². The van der Waals surface area contributed by atoms with E-state index in [0.29, 0.717) is 10.4 Å². The number of epoxide rings is 1. The van der Waals surface area contributed by atoms with E-state index < -0.39 is 6.36 Å². The second-order valence-electron chi connectivity index (χ2n) is 4.70. The molecule has 0 radical (unpaired) electrons. The van der Waals surface area contributed by atoms with E-state index in [-0.39, 0.29) is 23.7 Å². The summed E-state index contributed by atoms with van der Waals surface area (Å²) in [6.07, 6.45) is -4.72. The highest BCUT2D eigenvalue weighted by atomic mass is 32.1. The molecular formula is C14H11F3O3S. The van der Waals surface area contributed by atoms with Crippen molar-refractivity contribution in [3.05, 3.63) is 35.2 Å². The third kappa shape index (κ3) is 2.98. The maximum Gasteiger partial charge on any atom is 0.573 e. The number of hydrogen-bond donors (Lipinski definition) is 1. The second-order valence-corrected chi connectivity index (χ2v) is 5.58. The highest BCUT2D eigenvalue weighted by Crippen LogP contribution is 2.49. The summed E-state index contributed by atoms with van der Waals surface area (Å²) in [7, 11) is 0. The average molecular weight is 316 g/mol. The summed E-state index contributed by atoms with van der Waals surface area (Å²) in [5.74, 6) is -0.166. The van der Waals surface area contributed by atoms with Gasteiger partial charge in [0.05, 0.1) is 11.0 Å². The minimum Gasteiger partial charge on any atom is -0.506 e. The maximum absolute atomic E-state index is 12.1. The van der Waals surface area contributed by atoms with Gasteiger partial charge >= 0.3 is 6.36 Å². The first-order valence-electron chi connectivity index (χ1n) is 6.17. The number of rotatable bonds is 3. The monoisotopic (exact) mass is 316 g/mol. The molecule has 7 heteroatoms. The predicted octanol–water partition coefficient (Wildman–Crippen LogP) is 4.48. The lowest BCUT2D eigenvalue weighted by atomic mass is 10.1. The van der Waals surface area contributed by atoms with E-state index in [9.17, 15) is 18.3 Å². The first kappa shape index (κ1) is 14.2. The Morgan fingerprint density at radius 2 is 1.86 bits per heavy atom. The van der Waals surface area contributed by atoms with Gasteiger partial charge in [-0.05, 0) is 36.8 Å². The van der Waals surface area contributed by atoms with Gasteiger partial charge in [0.2, 0.25) is 0 Å². The molecule has 3 nitrogen and oxygen atoms in total. The summed E-state index contributed by atoms with van der Waals surface area (Å²) < 4.78 is 45.4. The standard InChI is InChI=1S/C14H11F3O3S/c1-7-12(19-7)10-6-21-13(11(10)18)8-2-4-9(5-3-8)20-14(15,16)17/h2-7,12,18H,1H3. The molecule has 21 heavy (non-hydrogen) atoms. The Morgan fingerprint density at radius 3 is 2.38 bits per heavy atom. The zero-order valence-electron chi connectivity index (χ0n) is 10.8. The van der Waals surface area contributed by atoms with Gasteiger partial charge in [-0.2, -0.15) is 0 Å². The molecule has 3 rings (SSSR count). The fourth-order valence-electron chi connectivity index (χ4n) is 2.09. The van der Waals surface area contributed by atoms with Crippen LogP contribution in [0.3, 0.4) is 0 Å². The van der Waals surface area contributed by atoms with E-state index in [2.05, 4.69) is 4.74 Å². The molecule has 0 aliphatic carbocycles. The molecule has 0 bridgehead atoms. The molecule has 112 valence electrons. The minimum atomic E-state index is -4.71. The van der Waals surface area contributed by atoms with Crippen molar-refractivity contribution >= 4 is 11.3 Å². The van der Waals surface area contributed by atoms with Crippen molar-refractivity contribution < 1.29 is 27.8 Å². The number of ether oxygens (including phenoxy) is 2. The molecular weight excluding hydrogens is 305 g/mol. The van der Waals surface area contributed by atoms with E-state index in [0.717, 1.165) is 5.56 Å². The van der Waals surface area contributed by atoms with E-state index in [1.54, 1.807) is 5.38 Å². The number of halogens is 3. The van der Waals surface area contributed by atoms with Crippen molar-refractivity contribution in [3.63, 3.8) is 0 Å². The summed E-state index contributed by atoms with van der Waals surface area (Å²) in [5.41, 5.74) is 1.35. The molecule has 2 unspecified atom stereocenters. The van der Waals surface area contributed by atoms with Crippen LogP contribution in [0.15, 0.2) is 29.6 Å². The van der Waals surface area contributed by atoms with Crippen LogP contribution in [0.4, 0.5) is 13.2 Å². The molecule has 0 saturated carbocycles. The molecule has 1 aromatic carbocycles. The van der Waals surface area contributed by atoms with Gasteiger partial charge in [-0.15, -0.1) is 24.5 Å². The minimum absolute atomic E-state index is 0.0842. The smallest absolute Gasteiger partial charge is 0.506 e. The normalized spacial score (nSPS) is 21.3. The topological polar surface area (TPSA) is 42.0 Å². The summed E-state index contributed by atoms with van der Waals surface area (Å²) in [4.78, 5) is 0.603. The molecule has 0 spiro atoms. The molecule has 2 aromatic rings. The van der Waals surface area contributed by atoms with Gasteiger partial charge in [0.1, 0.15) is 17.6 Å². The zero-order valence-corrected chi connectivity index (χ0v) is 11.7. The lowest BCUT2D eigenvalue weighted by molar-refractivity contribution is -0.274. The Balaban J connectivity index is 1.83. The first-order chi connectivity index (χ1) is 9.85. The third-order valence-corrected chi connectivity index (χ3v) is 4.20. The van der Waals surface area contributed by atoms with Gasteiger partial charge in [-0.1, -0.05) is 0 Å². The first-order valence-corrected chi connectivity index (χ1v) is 7.05. The summed E-state index contributed by atoms with van der Waals surface area (Å²) in [5, 5.41) is 12.0. The van der Waals surface area contributed by atoms with E-state index in [4.69, 9.17) is 4.74 Å². The van der Waals surface area contributed by atoms with Crippen molar-refractivity contribution in [2.75, 3.05) is 0 Å². The quantitative estimate of drug-likeness (QED) is 0.849.